The average Bonchev–Trinajstić information content (AvgIpc) is 2.77. The largest absolute Gasteiger partial charge is 0.522 e. The van der Waals surface area contributed by atoms with Gasteiger partial charge in [-0.3, -0.25) is 4.74 Å². The maximum atomic E-state index is 12.2. The number of hydrogen-bond donors (Lipinski definition) is 0. The fourth-order valence-corrected chi connectivity index (χ4v) is 3.21. The van der Waals surface area contributed by atoms with Crippen LogP contribution in [0.25, 0.3) is 11.1 Å². The fourth-order valence-electron chi connectivity index (χ4n) is 3.21. The lowest BCUT2D eigenvalue weighted by molar-refractivity contribution is -0.323. The number of hydrogen-bond acceptors (Lipinski definition) is 4. The van der Waals surface area contributed by atoms with Crippen molar-refractivity contribution in [2.45, 2.75) is 32.5 Å². The minimum atomic E-state index is -4.60. The Labute approximate surface area is 144 Å². The van der Waals surface area contributed by atoms with Gasteiger partial charge >= 0.3 is 6.36 Å². The number of ether oxygens (including phenoxy) is 1. The van der Waals surface area contributed by atoms with Gasteiger partial charge in [0, 0.05) is 42.1 Å². The minimum Gasteiger partial charge on any atom is -0.368 e. The van der Waals surface area contributed by atoms with Gasteiger partial charge in [-0.05, 0) is 24.1 Å². The van der Waals surface area contributed by atoms with Gasteiger partial charge in [-0.25, -0.2) is 9.97 Å². The van der Waals surface area contributed by atoms with Crippen molar-refractivity contribution in [3.8, 4) is 11.1 Å². The van der Waals surface area contributed by atoms with E-state index in [2.05, 4.69) is 28.6 Å². The summed E-state index contributed by atoms with van der Waals surface area (Å²) in [6.45, 7) is 6.44. The van der Waals surface area contributed by atoms with E-state index in [-0.39, 0.29) is 12.0 Å². The Bertz CT molecular complexity index is 757. The van der Waals surface area contributed by atoms with Crippen LogP contribution in [0.2, 0.25) is 0 Å². The highest BCUT2D eigenvalue weighted by Gasteiger charge is 2.36. The molecule has 0 N–H and O–H groups in total. The maximum Gasteiger partial charge on any atom is 0.522 e. The van der Waals surface area contributed by atoms with Gasteiger partial charge in [0.15, 0.2) is 0 Å². The molecule has 0 amide bonds. The minimum absolute atomic E-state index is 0.129. The molecule has 134 valence electrons. The standard InChI is InChI=1S/C18H20F3N3O/c1-12-22-9-14(10-23-12)13-4-5-15-16(8-13)24(11-17(15,2)3)6-7-25-18(19,20)21/h4-5,8-10H,6-7,11H2,1-3H3. The first-order chi connectivity index (χ1) is 11.7. The number of anilines is 1. The van der Waals surface area contributed by atoms with Crippen LogP contribution in [0.5, 0.6) is 0 Å². The lowest BCUT2D eigenvalue weighted by Crippen LogP contribution is -2.32. The molecule has 0 atom stereocenters. The predicted molar refractivity (Wildman–Crippen MR) is 89.5 cm³/mol. The monoisotopic (exact) mass is 351 g/mol. The van der Waals surface area contributed by atoms with Crippen molar-refractivity contribution < 1.29 is 17.9 Å². The van der Waals surface area contributed by atoms with E-state index in [0.29, 0.717) is 12.4 Å². The molecule has 2 heterocycles. The Hall–Kier alpha value is -2.15. The van der Waals surface area contributed by atoms with Crippen LogP contribution in [0, 0.1) is 6.92 Å². The highest BCUT2D eigenvalue weighted by molar-refractivity contribution is 5.73. The molecular weight excluding hydrogens is 331 g/mol. The molecule has 25 heavy (non-hydrogen) atoms. The molecule has 7 heteroatoms. The average molecular weight is 351 g/mol. The van der Waals surface area contributed by atoms with Crippen LogP contribution >= 0.6 is 0 Å². The molecule has 0 saturated heterocycles. The summed E-state index contributed by atoms with van der Waals surface area (Å²) in [5.74, 6) is 0.692. The highest BCUT2D eigenvalue weighted by Crippen LogP contribution is 2.42. The van der Waals surface area contributed by atoms with Crippen molar-refractivity contribution in [3.63, 3.8) is 0 Å². The Morgan fingerprint density at radius 3 is 2.48 bits per heavy atom. The number of aromatic nitrogens is 2. The van der Waals surface area contributed by atoms with E-state index in [9.17, 15) is 13.2 Å². The SMILES string of the molecule is Cc1ncc(-c2ccc3c(c2)N(CCOC(F)(F)F)CC3(C)C)cn1. The molecule has 1 aromatic heterocycles. The lowest BCUT2D eigenvalue weighted by Gasteiger charge is -2.22. The topological polar surface area (TPSA) is 38.2 Å². The molecule has 0 unspecified atom stereocenters. The summed E-state index contributed by atoms with van der Waals surface area (Å²) in [5.41, 5.74) is 3.75. The Kier molecular flexibility index (Phi) is 4.45. The fraction of sp³-hybridized carbons (Fsp3) is 0.444. The maximum absolute atomic E-state index is 12.2. The van der Waals surface area contributed by atoms with Crippen LogP contribution in [-0.4, -0.2) is 36.0 Å². The van der Waals surface area contributed by atoms with Gasteiger partial charge in [-0.2, -0.15) is 0 Å². The Morgan fingerprint density at radius 1 is 1.16 bits per heavy atom. The van der Waals surface area contributed by atoms with E-state index in [1.165, 1.54) is 0 Å². The molecule has 4 nitrogen and oxygen atoms in total. The lowest BCUT2D eigenvalue weighted by atomic mass is 9.86. The zero-order valence-corrected chi connectivity index (χ0v) is 14.4. The van der Waals surface area contributed by atoms with Gasteiger partial charge in [0.2, 0.25) is 0 Å². The van der Waals surface area contributed by atoms with Crippen molar-refractivity contribution >= 4 is 5.69 Å². The zero-order valence-electron chi connectivity index (χ0n) is 14.4. The van der Waals surface area contributed by atoms with Crippen molar-refractivity contribution in [1.82, 2.24) is 9.97 Å². The second-order valence-corrected chi connectivity index (χ2v) is 6.85. The zero-order chi connectivity index (χ0) is 18.2. The number of halogens is 3. The summed E-state index contributed by atoms with van der Waals surface area (Å²) in [6.07, 6.45) is -1.10. The molecule has 2 aromatic rings. The summed E-state index contributed by atoms with van der Waals surface area (Å²) < 4.78 is 40.7. The summed E-state index contributed by atoms with van der Waals surface area (Å²) in [6, 6.07) is 6.03. The van der Waals surface area contributed by atoms with Crippen LogP contribution < -0.4 is 4.90 Å². The number of alkyl halides is 3. The Balaban J connectivity index is 1.86. The summed E-state index contributed by atoms with van der Waals surface area (Å²) in [7, 11) is 0. The van der Waals surface area contributed by atoms with Crippen molar-refractivity contribution in [3.05, 3.63) is 42.0 Å². The van der Waals surface area contributed by atoms with Crippen LogP contribution in [0.4, 0.5) is 18.9 Å². The van der Waals surface area contributed by atoms with Gasteiger partial charge < -0.3 is 4.90 Å². The number of benzene rings is 1. The van der Waals surface area contributed by atoms with Gasteiger partial charge in [0.1, 0.15) is 5.82 Å². The number of rotatable bonds is 4. The molecule has 0 spiro atoms. The number of nitrogens with zero attached hydrogens (tertiary/aromatic N) is 3. The molecule has 0 saturated carbocycles. The molecule has 0 radical (unpaired) electrons. The van der Waals surface area contributed by atoms with E-state index in [1.807, 2.05) is 30.0 Å². The van der Waals surface area contributed by atoms with Crippen LogP contribution in [0.1, 0.15) is 25.2 Å². The molecule has 1 aliphatic rings. The number of aryl methyl sites for hydroxylation is 1. The first-order valence-corrected chi connectivity index (χ1v) is 8.05. The number of fused-ring (bicyclic) bond motifs is 1. The van der Waals surface area contributed by atoms with E-state index < -0.39 is 13.0 Å². The molecular formula is C18H20F3N3O. The van der Waals surface area contributed by atoms with Crippen LogP contribution in [0.15, 0.2) is 30.6 Å². The first kappa shape index (κ1) is 17.7. The quantitative estimate of drug-likeness (QED) is 0.832. The molecule has 0 bridgehead atoms. The second kappa shape index (κ2) is 6.29. The van der Waals surface area contributed by atoms with Gasteiger partial charge in [0.05, 0.1) is 6.61 Å². The van der Waals surface area contributed by atoms with E-state index in [4.69, 9.17) is 0 Å². The van der Waals surface area contributed by atoms with Gasteiger partial charge in [-0.1, -0.05) is 26.0 Å². The first-order valence-electron chi connectivity index (χ1n) is 8.05. The highest BCUT2D eigenvalue weighted by atomic mass is 19.4. The molecule has 0 fully saturated rings. The molecule has 1 aliphatic heterocycles. The molecule has 0 aliphatic carbocycles. The summed E-state index contributed by atoms with van der Waals surface area (Å²) in [4.78, 5) is 10.4. The second-order valence-electron chi connectivity index (χ2n) is 6.85. The van der Waals surface area contributed by atoms with Crippen molar-refractivity contribution in [2.24, 2.45) is 0 Å². The van der Waals surface area contributed by atoms with Crippen molar-refractivity contribution in [2.75, 3.05) is 24.6 Å². The summed E-state index contributed by atoms with van der Waals surface area (Å²) in [5, 5.41) is 0. The third-order valence-electron chi connectivity index (χ3n) is 4.39. The van der Waals surface area contributed by atoms with Crippen molar-refractivity contribution in [1.29, 1.82) is 0 Å². The summed E-state index contributed by atoms with van der Waals surface area (Å²) >= 11 is 0. The normalized spacial score (nSPS) is 16.2. The van der Waals surface area contributed by atoms with E-state index in [1.54, 1.807) is 12.4 Å². The van der Waals surface area contributed by atoms with E-state index in [0.717, 1.165) is 22.4 Å². The molecule has 3 rings (SSSR count). The van der Waals surface area contributed by atoms with Gasteiger partial charge in [-0.15, -0.1) is 13.2 Å². The van der Waals surface area contributed by atoms with E-state index >= 15 is 0 Å². The van der Waals surface area contributed by atoms with Crippen LogP contribution in [-0.2, 0) is 10.2 Å². The molecule has 1 aromatic carbocycles. The smallest absolute Gasteiger partial charge is 0.368 e. The third kappa shape index (κ3) is 3.92. The van der Waals surface area contributed by atoms with Crippen LogP contribution in [0.3, 0.4) is 0 Å². The van der Waals surface area contributed by atoms with Gasteiger partial charge in [0.25, 0.3) is 0 Å². The predicted octanol–water partition coefficient (Wildman–Crippen LogP) is 4.09. The Morgan fingerprint density at radius 2 is 1.84 bits per heavy atom. The third-order valence-corrected chi connectivity index (χ3v) is 4.39.